The molecule has 0 spiro atoms. The molecule has 1 atom stereocenters. The van der Waals surface area contributed by atoms with Crippen molar-refractivity contribution in [1.82, 2.24) is 0 Å². The predicted molar refractivity (Wildman–Crippen MR) is 67.6 cm³/mol. The Kier molecular flexibility index (Phi) is 4.68. The van der Waals surface area contributed by atoms with E-state index in [4.69, 9.17) is 61.2 Å². The topological polar surface area (TPSA) is 44.5 Å². The zero-order valence-corrected chi connectivity index (χ0v) is 11.5. The Labute approximate surface area is 108 Å². The molecule has 84 valence electrons. The molecule has 0 fully saturated rings. The minimum absolute atomic E-state index is 0.190. The quantitative estimate of drug-likeness (QED) is 0.861. The molecule has 0 saturated carbocycles. The summed E-state index contributed by atoms with van der Waals surface area (Å²) >= 11 is 22.3. The van der Waals surface area contributed by atoms with E-state index in [1.165, 1.54) is 19.2 Å². The molecule has 0 amide bonds. The average molecular weight is 307 g/mol. The van der Waals surface area contributed by atoms with Crippen LogP contribution < -0.4 is 10.0 Å². The van der Waals surface area contributed by atoms with Gasteiger partial charge in [-0.3, -0.25) is 0 Å². The Morgan fingerprint density at radius 3 is 2.13 bits per heavy atom. The third-order valence-corrected chi connectivity index (χ3v) is 3.83. The first-order valence-corrected chi connectivity index (χ1v) is 7.48. The average Bonchev–Trinajstić information content (AvgIpc) is 2.11. The van der Waals surface area contributed by atoms with Crippen molar-refractivity contribution in [3.63, 3.8) is 0 Å². The van der Waals surface area contributed by atoms with Gasteiger partial charge in [0.05, 0.1) is 10.0 Å². The molecule has 0 aromatic heterocycles. The number of hydrogen-bond acceptors (Lipinski definition) is 3. The van der Waals surface area contributed by atoms with Crippen molar-refractivity contribution in [1.29, 1.82) is 0 Å². The van der Waals surface area contributed by atoms with Gasteiger partial charge in [0.1, 0.15) is 0 Å². The molecule has 0 radical (unpaired) electrons. The Balaban J connectivity index is 3.11. The van der Waals surface area contributed by atoms with Crippen LogP contribution in [-0.2, 0) is 16.3 Å². The summed E-state index contributed by atoms with van der Waals surface area (Å²) in [5, 5.41) is 0.883. The monoisotopic (exact) mass is 305 g/mol. The van der Waals surface area contributed by atoms with Crippen molar-refractivity contribution in [3.8, 4) is 5.75 Å². The van der Waals surface area contributed by atoms with E-state index in [1.54, 1.807) is 0 Å². The SMILES string of the molecule is COP(N)(=S)Oc1c(Cl)cc(Cl)cc1Cl. The standard InChI is InChI=1S/C7H7Cl3NO2PS/c1-12-14(11,15)13-7-5(9)2-4(8)3-6(7)10/h2-3H,1H3,(H2,11,15). The van der Waals surface area contributed by atoms with E-state index in [9.17, 15) is 0 Å². The Hall–Kier alpha value is 0.460. The lowest BCUT2D eigenvalue weighted by Gasteiger charge is -2.17. The van der Waals surface area contributed by atoms with Crippen LogP contribution in [-0.4, -0.2) is 7.11 Å². The molecule has 1 unspecified atom stereocenters. The Morgan fingerprint density at radius 1 is 1.27 bits per heavy atom. The van der Waals surface area contributed by atoms with Gasteiger partial charge in [-0.25, -0.2) is 5.50 Å². The summed E-state index contributed by atoms with van der Waals surface area (Å²) in [5.74, 6) is 0.190. The molecule has 0 saturated heterocycles. The summed E-state index contributed by atoms with van der Waals surface area (Å²) in [6.07, 6.45) is 0. The summed E-state index contributed by atoms with van der Waals surface area (Å²) in [4.78, 5) is 0. The fourth-order valence-electron chi connectivity index (χ4n) is 0.781. The summed E-state index contributed by atoms with van der Waals surface area (Å²) in [6, 6.07) is 2.96. The second-order valence-corrected chi connectivity index (χ2v) is 6.92. The smallest absolute Gasteiger partial charge is 0.309 e. The summed E-state index contributed by atoms with van der Waals surface area (Å²) in [6.45, 7) is -2.84. The van der Waals surface area contributed by atoms with E-state index in [0.29, 0.717) is 5.02 Å². The van der Waals surface area contributed by atoms with Crippen molar-refractivity contribution in [3.05, 3.63) is 27.2 Å². The molecule has 0 aliphatic rings. The van der Waals surface area contributed by atoms with Gasteiger partial charge >= 0.3 is 6.64 Å². The molecule has 1 aromatic carbocycles. The van der Waals surface area contributed by atoms with Gasteiger partial charge in [-0.2, -0.15) is 0 Å². The number of benzene rings is 1. The van der Waals surface area contributed by atoms with E-state index >= 15 is 0 Å². The van der Waals surface area contributed by atoms with Gasteiger partial charge in [-0.15, -0.1) is 0 Å². The highest BCUT2D eigenvalue weighted by Crippen LogP contribution is 2.46. The van der Waals surface area contributed by atoms with E-state index < -0.39 is 6.64 Å². The van der Waals surface area contributed by atoms with Gasteiger partial charge in [0.2, 0.25) is 0 Å². The molecular formula is C7H7Cl3NO2PS. The maximum absolute atomic E-state index is 5.86. The van der Waals surface area contributed by atoms with Crippen molar-refractivity contribution < 1.29 is 9.05 Å². The molecule has 8 heteroatoms. The van der Waals surface area contributed by atoms with Gasteiger partial charge in [0, 0.05) is 12.1 Å². The van der Waals surface area contributed by atoms with Crippen LogP contribution in [0.3, 0.4) is 0 Å². The lowest BCUT2D eigenvalue weighted by molar-refractivity contribution is 0.393. The van der Waals surface area contributed by atoms with Crippen LogP contribution in [0.15, 0.2) is 12.1 Å². The lowest BCUT2D eigenvalue weighted by atomic mass is 10.3. The first kappa shape index (κ1) is 13.5. The number of halogens is 3. The molecule has 0 heterocycles. The maximum atomic E-state index is 5.86. The summed E-state index contributed by atoms with van der Waals surface area (Å²) < 4.78 is 10.0. The largest absolute Gasteiger partial charge is 0.430 e. The van der Waals surface area contributed by atoms with E-state index in [0.717, 1.165) is 0 Å². The van der Waals surface area contributed by atoms with Crippen LogP contribution in [0, 0.1) is 0 Å². The normalized spacial score (nSPS) is 14.7. The van der Waals surface area contributed by atoms with Crippen LogP contribution >= 0.6 is 41.4 Å². The fourth-order valence-corrected chi connectivity index (χ4v) is 2.53. The molecule has 2 N–H and O–H groups in total. The molecule has 15 heavy (non-hydrogen) atoms. The number of nitrogens with two attached hydrogens (primary N) is 1. The molecule has 0 bridgehead atoms. The second-order valence-electron chi connectivity index (χ2n) is 2.51. The van der Waals surface area contributed by atoms with Crippen LogP contribution in [0.2, 0.25) is 15.1 Å². The minimum Gasteiger partial charge on any atom is -0.430 e. The van der Waals surface area contributed by atoms with Gasteiger partial charge in [0.25, 0.3) is 0 Å². The molecule has 1 aromatic rings. The van der Waals surface area contributed by atoms with Gasteiger partial charge in [-0.1, -0.05) is 34.8 Å². The zero-order valence-electron chi connectivity index (χ0n) is 7.54. The van der Waals surface area contributed by atoms with Gasteiger partial charge in [0.15, 0.2) is 5.75 Å². The van der Waals surface area contributed by atoms with E-state index in [-0.39, 0.29) is 15.8 Å². The third kappa shape index (κ3) is 3.75. The van der Waals surface area contributed by atoms with Crippen LogP contribution in [0.1, 0.15) is 0 Å². The molecular weight excluding hydrogens is 299 g/mol. The van der Waals surface area contributed by atoms with Crippen molar-refractivity contribution >= 4 is 53.3 Å². The van der Waals surface area contributed by atoms with Crippen LogP contribution in [0.25, 0.3) is 0 Å². The van der Waals surface area contributed by atoms with Gasteiger partial charge < -0.3 is 9.05 Å². The highest BCUT2D eigenvalue weighted by atomic mass is 35.5. The number of rotatable bonds is 3. The first-order chi connectivity index (χ1) is 6.85. The first-order valence-electron chi connectivity index (χ1n) is 3.64. The van der Waals surface area contributed by atoms with Crippen molar-refractivity contribution in [2.24, 2.45) is 5.50 Å². The second kappa shape index (κ2) is 5.19. The molecule has 1 rings (SSSR count). The summed E-state index contributed by atoms with van der Waals surface area (Å²) in [7, 11) is 1.36. The van der Waals surface area contributed by atoms with Crippen LogP contribution in [0.5, 0.6) is 5.75 Å². The summed E-state index contributed by atoms with van der Waals surface area (Å²) in [5.41, 5.74) is 5.56. The van der Waals surface area contributed by atoms with Gasteiger partial charge in [-0.05, 0) is 23.9 Å². The van der Waals surface area contributed by atoms with Crippen molar-refractivity contribution in [2.75, 3.05) is 7.11 Å². The Bertz CT molecular complexity index is 406. The Morgan fingerprint density at radius 2 is 1.73 bits per heavy atom. The van der Waals surface area contributed by atoms with E-state index in [2.05, 4.69) is 0 Å². The highest BCUT2D eigenvalue weighted by Gasteiger charge is 2.17. The van der Waals surface area contributed by atoms with E-state index in [1.807, 2.05) is 0 Å². The zero-order chi connectivity index (χ0) is 11.6. The van der Waals surface area contributed by atoms with Crippen LogP contribution in [0.4, 0.5) is 0 Å². The predicted octanol–water partition coefficient (Wildman–Crippen LogP) is 3.86. The minimum atomic E-state index is -2.84. The number of hydrogen-bond donors (Lipinski definition) is 1. The molecule has 0 aliphatic heterocycles. The molecule has 3 nitrogen and oxygen atoms in total. The molecule has 0 aliphatic carbocycles. The fraction of sp³-hybridized carbons (Fsp3) is 0.143. The van der Waals surface area contributed by atoms with Crippen molar-refractivity contribution in [2.45, 2.75) is 0 Å². The maximum Gasteiger partial charge on any atom is 0.309 e. The third-order valence-electron chi connectivity index (χ3n) is 1.44. The lowest BCUT2D eigenvalue weighted by Crippen LogP contribution is -2.04. The highest BCUT2D eigenvalue weighted by molar-refractivity contribution is 8.08.